The van der Waals surface area contributed by atoms with Crippen LogP contribution < -0.4 is 10.5 Å². The van der Waals surface area contributed by atoms with Crippen molar-refractivity contribution in [2.24, 2.45) is 5.73 Å². The van der Waals surface area contributed by atoms with Gasteiger partial charge >= 0.3 is 0 Å². The maximum absolute atomic E-state index is 5.77. The molecular weight excluding hydrogens is 224 g/mol. The summed E-state index contributed by atoms with van der Waals surface area (Å²) in [6.07, 6.45) is 5.28. The van der Waals surface area contributed by atoms with Crippen LogP contribution in [0, 0.1) is 0 Å². The SMILES string of the molecule is CCCCCOc1ncc(CN)c2ccccc12. The third-order valence-electron chi connectivity index (χ3n) is 3.05. The highest BCUT2D eigenvalue weighted by Gasteiger charge is 2.06. The third kappa shape index (κ3) is 2.79. The van der Waals surface area contributed by atoms with Crippen molar-refractivity contribution in [3.05, 3.63) is 36.0 Å². The zero-order chi connectivity index (χ0) is 12.8. The average molecular weight is 244 g/mol. The number of nitrogens with two attached hydrogens (primary N) is 1. The molecule has 0 atom stereocenters. The molecule has 1 heterocycles. The van der Waals surface area contributed by atoms with Crippen LogP contribution in [0.3, 0.4) is 0 Å². The molecule has 0 aliphatic rings. The van der Waals surface area contributed by atoms with Crippen LogP contribution >= 0.6 is 0 Å². The summed E-state index contributed by atoms with van der Waals surface area (Å²) >= 11 is 0. The molecule has 0 fully saturated rings. The Morgan fingerprint density at radius 1 is 1.17 bits per heavy atom. The fourth-order valence-electron chi connectivity index (χ4n) is 2.02. The smallest absolute Gasteiger partial charge is 0.221 e. The molecule has 3 nitrogen and oxygen atoms in total. The van der Waals surface area contributed by atoms with Crippen molar-refractivity contribution in [1.29, 1.82) is 0 Å². The van der Waals surface area contributed by atoms with Crippen molar-refractivity contribution in [3.8, 4) is 5.88 Å². The quantitative estimate of drug-likeness (QED) is 0.793. The van der Waals surface area contributed by atoms with Crippen LogP contribution in [0.4, 0.5) is 0 Å². The van der Waals surface area contributed by atoms with E-state index in [9.17, 15) is 0 Å². The first kappa shape index (κ1) is 12.8. The summed E-state index contributed by atoms with van der Waals surface area (Å²) in [6, 6.07) is 8.13. The van der Waals surface area contributed by atoms with Gasteiger partial charge in [0, 0.05) is 18.1 Å². The summed E-state index contributed by atoms with van der Waals surface area (Å²) in [5.74, 6) is 0.721. The van der Waals surface area contributed by atoms with Gasteiger partial charge in [0.15, 0.2) is 0 Å². The predicted molar refractivity (Wildman–Crippen MR) is 74.7 cm³/mol. The van der Waals surface area contributed by atoms with Gasteiger partial charge in [0.2, 0.25) is 5.88 Å². The molecule has 2 aromatic rings. The third-order valence-corrected chi connectivity index (χ3v) is 3.05. The van der Waals surface area contributed by atoms with Crippen LogP contribution in [0.15, 0.2) is 30.5 Å². The van der Waals surface area contributed by atoms with Crippen molar-refractivity contribution in [1.82, 2.24) is 4.98 Å². The molecule has 0 unspecified atom stereocenters. The molecule has 0 saturated carbocycles. The molecule has 0 aliphatic carbocycles. The first-order valence-corrected chi connectivity index (χ1v) is 6.56. The van der Waals surface area contributed by atoms with Gasteiger partial charge in [-0.1, -0.05) is 38.0 Å². The predicted octanol–water partition coefficient (Wildman–Crippen LogP) is 3.26. The number of benzene rings is 1. The number of ether oxygens (including phenoxy) is 1. The molecule has 1 aromatic heterocycles. The van der Waals surface area contributed by atoms with Crippen molar-refractivity contribution in [2.75, 3.05) is 6.61 Å². The summed E-state index contributed by atoms with van der Waals surface area (Å²) in [4.78, 5) is 4.37. The molecule has 1 aromatic carbocycles. The van der Waals surface area contributed by atoms with Crippen molar-refractivity contribution < 1.29 is 4.74 Å². The van der Waals surface area contributed by atoms with Gasteiger partial charge in [-0.25, -0.2) is 4.98 Å². The van der Waals surface area contributed by atoms with E-state index in [0.717, 1.165) is 35.2 Å². The number of nitrogens with zero attached hydrogens (tertiary/aromatic N) is 1. The van der Waals surface area contributed by atoms with Gasteiger partial charge < -0.3 is 10.5 Å². The highest BCUT2D eigenvalue weighted by atomic mass is 16.5. The Morgan fingerprint density at radius 2 is 1.94 bits per heavy atom. The molecule has 2 rings (SSSR count). The van der Waals surface area contributed by atoms with Crippen molar-refractivity contribution >= 4 is 10.8 Å². The van der Waals surface area contributed by atoms with Crippen LogP contribution in [-0.4, -0.2) is 11.6 Å². The highest BCUT2D eigenvalue weighted by Crippen LogP contribution is 2.25. The van der Waals surface area contributed by atoms with Gasteiger partial charge in [-0.2, -0.15) is 0 Å². The minimum atomic E-state index is 0.504. The van der Waals surface area contributed by atoms with E-state index in [4.69, 9.17) is 10.5 Å². The van der Waals surface area contributed by atoms with E-state index in [1.807, 2.05) is 24.4 Å². The van der Waals surface area contributed by atoms with E-state index < -0.39 is 0 Å². The molecule has 3 heteroatoms. The largest absolute Gasteiger partial charge is 0.477 e. The lowest BCUT2D eigenvalue weighted by Gasteiger charge is -2.10. The Kier molecular flexibility index (Phi) is 4.53. The van der Waals surface area contributed by atoms with Crippen molar-refractivity contribution in [2.45, 2.75) is 32.7 Å². The molecule has 0 spiro atoms. The molecule has 0 saturated heterocycles. The van der Waals surface area contributed by atoms with E-state index in [1.165, 1.54) is 12.8 Å². The second-order valence-corrected chi connectivity index (χ2v) is 4.39. The maximum Gasteiger partial charge on any atom is 0.221 e. The van der Waals surface area contributed by atoms with Gasteiger partial charge in [0.05, 0.1) is 6.61 Å². The minimum absolute atomic E-state index is 0.504. The summed E-state index contributed by atoms with van der Waals surface area (Å²) in [5.41, 5.74) is 6.79. The second-order valence-electron chi connectivity index (χ2n) is 4.39. The van der Waals surface area contributed by atoms with Gasteiger partial charge in [0.1, 0.15) is 0 Å². The summed E-state index contributed by atoms with van der Waals surface area (Å²) in [7, 11) is 0. The second kappa shape index (κ2) is 6.36. The molecule has 0 amide bonds. The van der Waals surface area contributed by atoms with Gasteiger partial charge in [-0.3, -0.25) is 0 Å². The Morgan fingerprint density at radius 3 is 2.67 bits per heavy atom. The fraction of sp³-hybridized carbons (Fsp3) is 0.400. The first-order valence-electron chi connectivity index (χ1n) is 6.56. The van der Waals surface area contributed by atoms with Gasteiger partial charge in [-0.15, -0.1) is 0 Å². The fourth-order valence-corrected chi connectivity index (χ4v) is 2.02. The lowest BCUT2D eigenvalue weighted by Crippen LogP contribution is -2.03. The Hall–Kier alpha value is -1.61. The first-order chi connectivity index (χ1) is 8.86. The Labute approximate surface area is 108 Å². The van der Waals surface area contributed by atoms with E-state index in [0.29, 0.717) is 6.54 Å². The standard InChI is InChI=1S/C15H20N2O/c1-2-3-6-9-18-15-14-8-5-4-7-13(14)12(10-16)11-17-15/h4-5,7-8,11H,2-3,6,9-10,16H2,1H3. The number of aromatic nitrogens is 1. The highest BCUT2D eigenvalue weighted by molar-refractivity contribution is 5.89. The number of fused-ring (bicyclic) bond motifs is 1. The van der Waals surface area contributed by atoms with E-state index in [2.05, 4.69) is 18.0 Å². The number of hydrogen-bond acceptors (Lipinski definition) is 3. The Balaban J connectivity index is 2.23. The summed E-state index contributed by atoms with van der Waals surface area (Å²) in [5, 5.41) is 2.19. The van der Waals surface area contributed by atoms with Crippen LogP contribution in [0.25, 0.3) is 10.8 Å². The molecule has 18 heavy (non-hydrogen) atoms. The summed E-state index contributed by atoms with van der Waals surface area (Å²) < 4.78 is 5.77. The normalized spacial score (nSPS) is 10.8. The van der Waals surface area contributed by atoms with Crippen LogP contribution in [-0.2, 0) is 6.54 Å². The van der Waals surface area contributed by atoms with Crippen molar-refractivity contribution in [3.63, 3.8) is 0 Å². The van der Waals surface area contributed by atoms with Crippen LogP contribution in [0.5, 0.6) is 5.88 Å². The molecule has 0 bridgehead atoms. The Bertz CT molecular complexity index is 511. The molecule has 0 aliphatic heterocycles. The number of hydrogen-bond donors (Lipinski definition) is 1. The minimum Gasteiger partial charge on any atom is -0.477 e. The lowest BCUT2D eigenvalue weighted by atomic mass is 10.1. The molecule has 2 N–H and O–H groups in total. The van der Waals surface area contributed by atoms with Crippen LogP contribution in [0.2, 0.25) is 0 Å². The topological polar surface area (TPSA) is 48.1 Å². The zero-order valence-electron chi connectivity index (χ0n) is 10.9. The average Bonchev–Trinajstić information content (AvgIpc) is 2.43. The zero-order valence-corrected chi connectivity index (χ0v) is 10.9. The monoisotopic (exact) mass is 244 g/mol. The summed E-state index contributed by atoms with van der Waals surface area (Å²) in [6.45, 7) is 3.42. The van der Waals surface area contributed by atoms with E-state index in [-0.39, 0.29) is 0 Å². The molecule has 0 radical (unpaired) electrons. The lowest BCUT2D eigenvalue weighted by molar-refractivity contribution is 0.298. The number of rotatable bonds is 6. The van der Waals surface area contributed by atoms with Gasteiger partial charge in [0.25, 0.3) is 0 Å². The maximum atomic E-state index is 5.77. The molecular formula is C15H20N2O. The van der Waals surface area contributed by atoms with E-state index in [1.54, 1.807) is 0 Å². The van der Waals surface area contributed by atoms with Gasteiger partial charge in [-0.05, 0) is 23.4 Å². The van der Waals surface area contributed by atoms with Crippen LogP contribution in [0.1, 0.15) is 31.7 Å². The van der Waals surface area contributed by atoms with E-state index >= 15 is 0 Å². The number of unbranched alkanes of at least 4 members (excludes halogenated alkanes) is 2. The molecule has 96 valence electrons. The number of pyridine rings is 1.